The van der Waals surface area contributed by atoms with Crippen LogP contribution in [0.1, 0.15) is 48.9 Å². The Balaban J connectivity index is 0.000000402. The Morgan fingerprint density at radius 2 is 1.59 bits per heavy atom. The Labute approximate surface area is 249 Å². The van der Waals surface area contributed by atoms with Crippen LogP contribution < -0.4 is 0 Å². The molecule has 1 saturated heterocycles. The Hall–Kier alpha value is -3.51. The number of carbonyl (C=O) groups is 3. The first kappa shape index (κ1) is 36.7. The summed E-state index contributed by atoms with van der Waals surface area (Å²) in [6, 6.07) is 4.32. The molecule has 2 aliphatic rings. The van der Waals surface area contributed by atoms with Gasteiger partial charge in [0.2, 0.25) is 0 Å². The SMILES string of the molecule is COCCN(C)C(=O)c1ccc2nnc(C3CN(CC4CC4)CCN3C(C)C)n2c1.O=C(O)C(F)(F)F.O=C(O)C(F)(F)F. The van der Waals surface area contributed by atoms with Crippen LogP contribution in [0.5, 0.6) is 0 Å². The summed E-state index contributed by atoms with van der Waals surface area (Å²) in [7, 11) is 3.45. The first-order chi connectivity index (χ1) is 20.4. The fourth-order valence-electron chi connectivity index (χ4n) is 4.35. The van der Waals surface area contributed by atoms with Crippen LogP contribution in [-0.4, -0.2) is 129 Å². The van der Waals surface area contributed by atoms with Gasteiger partial charge in [0.05, 0.1) is 18.2 Å². The molecule has 4 rings (SSSR count). The standard InChI is InChI=1S/C22H34N6O2.2C2HF3O2/c1-16(2)27-10-9-26(13-17-5-6-17)15-19(27)21-24-23-20-8-7-18(14-28(20)21)22(29)25(3)11-12-30-4;2*3-2(4,5)1(6)7/h7-8,14,16-17,19H,5-6,9-13,15H2,1-4H3;2*(H,6,7). The molecule has 0 bridgehead atoms. The number of amides is 1. The molecule has 44 heavy (non-hydrogen) atoms. The first-order valence-corrected chi connectivity index (χ1v) is 13.5. The van der Waals surface area contributed by atoms with Gasteiger partial charge in [-0.25, -0.2) is 9.59 Å². The molecule has 0 aromatic carbocycles. The van der Waals surface area contributed by atoms with E-state index in [1.54, 1.807) is 19.1 Å². The van der Waals surface area contributed by atoms with Crippen molar-refractivity contribution in [1.82, 2.24) is 29.3 Å². The van der Waals surface area contributed by atoms with E-state index in [9.17, 15) is 31.1 Å². The molecule has 3 heterocycles. The normalized spacial score (nSPS) is 17.8. The number of alkyl halides is 6. The number of rotatable bonds is 8. The molecule has 1 saturated carbocycles. The minimum atomic E-state index is -5.08. The highest BCUT2D eigenvalue weighted by atomic mass is 19.4. The van der Waals surface area contributed by atoms with Gasteiger partial charge in [-0.1, -0.05) is 0 Å². The largest absolute Gasteiger partial charge is 0.490 e. The van der Waals surface area contributed by atoms with Gasteiger partial charge in [-0.05, 0) is 44.7 Å². The summed E-state index contributed by atoms with van der Waals surface area (Å²) in [5.74, 6) is -3.74. The Kier molecular flexibility index (Phi) is 12.9. The lowest BCUT2D eigenvalue weighted by Gasteiger charge is -2.42. The van der Waals surface area contributed by atoms with E-state index >= 15 is 0 Å². The lowest BCUT2D eigenvalue weighted by molar-refractivity contribution is -0.193. The van der Waals surface area contributed by atoms with Crippen molar-refractivity contribution in [3.63, 3.8) is 0 Å². The number of likely N-dealkylation sites (N-methyl/N-ethyl adjacent to an activating group) is 1. The second-order valence-corrected chi connectivity index (χ2v) is 10.6. The summed E-state index contributed by atoms with van der Waals surface area (Å²) in [5, 5.41) is 23.2. The van der Waals surface area contributed by atoms with E-state index in [1.165, 1.54) is 19.4 Å². The van der Waals surface area contributed by atoms with Crippen LogP contribution in [0.2, 0.25) is 0 Å². The molecule has 1 atom stereocenters. The minimum Gasteiger partial charge on any atom is -0.475 e. The average Bonchev–Trinajstić information content (AvgIpc) is 3.65. The van der Waals surface area contributed by atoms with Gasteiger partial charge in [0.15, 0.2) is 11.5 Å². The van der Waals surface area contributed by atoms with E-state index in [1.807, 2.05) is 22.7 Å². The molecule has 12 nitrogen and oxygen atoms in total. The van der Waals surface area contributed by atoms with Crippen LogP contribution in [0.4, 0.5) is 26.3 Å². The highest BCUT2D eigenvalue weighted by Gasteiger charge is 2.39. The zero-order valence-corrected chi connectivity index (χ0v) is 24.6. The van der Waals surface area contributed by atoms with Crippen molar-refractivity contribution in [2.45, 2.75) is 51.1 Å². The van der Waals surface area contributed by atoms with Crippen molar-refractivity contribution < 1.29 is 55.7 Å². The summed E-state index contributed by atoms with van der Waals surface area (Å²) in [4.78, 5) is 37.4. The predicted molar refractivity (Wildman–Crippen MR) is 143 cm³/mol. The molecule has 1 aliphatic carbocycles. The number of hydrogen-bond acceptors (Lipinski definition) is 8. The van der Waals surface area contributed by atoms with E-state index in [4.69, 9.17) is 24.5 Å². The van der Waals surface area contributed by atoms with Gasteiger partial charge in [0.25, 0.3) is 5.91 Å². The van der Waals surface area contributed by atoms with Crippen LogP contribution in [0.15, 0.2) is 18.3 Å². The third kappa shape index (κ3) is 10.9. The van der Waals surface area contributed by atoms with Crippen molar-refractivity contribution in [2.24, 2.45) is 5.92 Å². The van der Waals surface area contributed by atoms with Crippen molar-refractivity contribution in [2.75, 3.05) is 53.5 Å². The monoisotopic (exact) mass is 642 g/mol. The van der Waals surface area contributed by atoms with Crippen LogP contribution >= 0.6 is 0 Å². The molecule has 0 spiro atoms. The summed E-state index contributed by atoms with van der Waals surface area (Å²) in [6.07, 6.45) is -5.54. The summed E-state index contributed by atoms with van der Waals surface area (Å²) in [6.45, 7) is 9.85. The zero-order valence-electron chi connectivity index (χ0n) is 24.6. The van der Waals surface area contributed by atoms with Crippen molar-refractivity contribution in [3.8, 4) is 0 Å². The average molecular weight is 643 g/mol. The molecule has 2 fully saturated rings. The maximum atomic E-state index is 12.9. The van der Waals surface area contributed by atoms with Gasteiger partial charge >= 0.3 is 24.3 Å². The minimum absolute atomic E-state index is 0.0201. The van der Waals surface area contributed by atoms with Gasteiger partial charge in [-0.3, -0.25) is 19.0 Å². The van der Waals surface area contributed by atoms with E-state index in [0.717, 1.165) is 37.0 Å². The quantitative estimate of drug-likeness (QED) is 0.413. The molecular formula is C26H36F6N6O6. The second kappa shape index (κ2) is 15.5. The smallest absolute Gasteiger partial charge is 0.475 e. The molecule has 2 aromatic rings. The summed E-state index contributed by atoms with van der Waals surface area (Å²) < 4.78 is 70.6. The Morgan fingerprint density at radius 1 is 1.02 bits per heavy atom. The number of methoxy groups -OCH3 is 1. The molecule has 2 N–H and O–H groups in total. The van der Waals surface area contributed by atoms with Gasteiger partial charge < -0.3 is 19.8 Å². The fourth-order valence-corrected chi connectivity index (χ4v) is 4.35. The van der Waals surface area contributed by atoms with Crippen LogP contribution in [-0.2, 0) is 14.3 Å². The Morgan fingerprint density at radius 3 is 2.07 bits per heavy atom. The molecule has 1 aliphatic heterocycles. The number of carbonyl (C=O) groups excluding carboxylic acids is 1. The van der Waals surface area contributed by atoms with E-state index in [0.29, 0.717) is 24.8 Å². The predicted octanol–water partition coefficient (Wildman–Crippen LogP) is 3.19. The third-order valence-corrected chi connectivity index (χ3v) is 6.82. The fraction of sp³-hybridized carbons (Fsp3) is 0.654. The highest BCUT2D eigenvalue weighted by Crippen LogP contribution is 2.33. The Bertz CT molecular complexity index is 1240. The van der Waals surface area contributed by atoms with Gasteiger partial charge in [0.1, 0.15) is 0 Å². The number of nitrogens with zero attached hydrogens (tertiary/aromatic N) is 6. The lowest BCUT2D eigenvalue weighted by atomic mass is 10.1. The van der Waals surface area contributed by atoms with Crippen LogP contribution in [0.25, 0.3) is 5.65 Å². The molecule has 1 unspecified atom stereocenters. The summed E-state index contributed by atoms with van der Waals surface area (Å²) >= 11 is 0. The summed E-state index contributed by atoms with van der Waals surface area (Å²) in [5.41, 5.74) is 1.42. The van der Waals surface area contributed by atoms with E-state index in [2.05, 4.69) is 33.8 Å². The van der Waals surface area contributed by atoms with Gasteiger partial charge in [-0.2, -0.15) is 26.3 Å². The van der Waals surface area contributed by atoms with E-state index in [-0.39, 0.29) is 11.9 Å². The number of hydrogen-bond donors (Lipinski definition) is 2. The maximum Gasteiger partial charge on any atom is 0.490 e. The molecule has 18 heteroatoms. The molecule has 0 radical (unpaired) electrons. The van der Waals surface area contributed by atoms with Gasteiger partial charge in [-0.15, -0.1) is 10.2 Å². The van der Waals surface area contributed by atoms with Crippen molar-refractivity contribution in [1.29, 1.82) is 0 Å². The number of aliphatic carboxylic acids is 2. The first-order valence-electron chi connectivity index (χ1n) is 13.5. The number of pyridine rings is 1. The highest BCUT2D eigenvalue weighted by molar-refractivity contribution is 5.94. The number of halogens is 6. The molecular weight excluding hydrogens is 606 g/mol. The van der Waals surface area contributed by atoms with Crippen molar-refractivity contribution >= 4 is 23.5 Å². The molecule has 248 valence electrons. The van der Waals surface area contributed by atoms with Crippen LogP contribution in [0.3, 0.4) is 0 Å². The number of aromatic nitrogens is 3. The topological polar surface area (TPSA) is 141 Å². The van der Waals surface area contributed by atoms with Crippen LogP contribution in [0, 0.1) is 5.92 Å². The maximum absolute atomic E-state index is 12.9. The number of carboxylic acid groups (broad SMARTS) is 2. The lowest BCUT2D eigenvalue weighted by Crippen LogP contribution is -2.51. The third-order valence-electron chi connectivity index (χ3n) is 6.82. The molecule has 1 amide bonds. The van der Waals surface area contributed by atoms with Gasteiger partial charge in [0, 0.05) is 59.1 Å². The number of fused-ring (bicyclic) bond motifs is 1. The number of ether oxygens (including phenoxy) is 1. The van der Waals surface area contributed by atoms with E-state index < -0.39 is 24.3 Å². The zero-order chi connectivity index (χ0) is 33.4. The number of piperazine rings is 1. The molecule has 2 aromatic heterocycles. The second-order valence-electron chi connectivity index (χ2n) is 10.6. The van der Waals surface area contributed by atoms with Crippen molar-refractivity contribution in [3.05, 3.63) is 29.7 Å². The number of carboxylic acids is 2.